The fourth-order valence-corrected chi connectivity index (χ4v) is 2.61. The molecule has 0 fully saturated rings. The Morgan fingerprint density at radius 1 is 1.32 bits per heavy atom. The normalized spacial score (nSPS) is 10.5. The van der Waals surface area contributed by atoms with Gasteiger partial charge in [0.05, 0.1) is 0 Å². The van der Waals surface area contributed by atoms with E-state index in [1.54, 1.807) is 6.07 Å². The summed E-state index contributed by atoms with van der Waals surface area (Å²) in [5, 5.41) is 7.56. The van der Waals surface area contributed by atoms with E-state index in [-0.39, 0.29) is 11.7 Å². The van der Waals surface area contributed by atoms with Crippen molar-refractivity contribution in [3.63, 3.8) is 0 Å². The van der Waals surface area contributed by atoms with Crippen LogP contribution in [0.2, 0.25) is 0 Å². The van der Waals surface area contributed by atoms with Gasteiger partial charge in [0.1, 0.15) is 11.7 Å². The van der Waals surface area contributed by atoms with Gasteiger partial charge in [-0.05, 0) is 54.3 Å². The Morgan fingerprint density at radius 3 is 2.68 bits per heavy atom. The van der Waals surface area contributed by atoms with Gasteiger partial charge >= 0.3 is 0 Å². The van der Waals surface area contributed by atoms with Gasteiger partial charge in [-0.2, -0.15) is 0 Å². The number of amidine groups is 1. The van der Waals surface area contributed by atoms with Crippen LogP contribution in [0.15, 0.2) is 40.9 Å². The molecule has 2 aromatic carbocycles. The lowest BCUT2D eigenvalue weighted by Gasteiger charge is -2.10. The molecular weight excluding hydrogens is 307 g/mol. The van der Waals surface area contributed by atoms with Gasteiger partial charge in [0, 0.05) is 10.0 Å². The first-order valence-electron chi connectivity index (χ1n) is 5.85. The maximum absolute atomic E-state index is 13.2. The SMILES string of the molecule is Cc1cc(Br)c(Cc2cccc(F)c2)cc1C(=N)N. The third-order valence-corrected chi connectivity index (χ3v) is 3.71. The molecule has 0 aliphatic carbocycles. The zero-order valence-electron chi connectivity index (χ0n) is 10.5. The average molecular weight is 321 g/mol. The highest BCUT2D eigenvalue weighted by molar-refractivity contribution is 9.10. The van der Waals surface area contributed by atoms with E-state index >= 15 is 0 Å². The van der Waals surface area contributed by atoms with Crippen molar-refractivity contribution < 1.29 is 4.39 Å². The lowest BCUT2D eigenvalue weighted by atomic mass is 9.99. The van der Waals surface area contributed by atoms with Crippen LogP contribution in [0.5, 0.6) is 0 Å². The van der Waals surface area contributed by atoms with Crippen LogP contribution in [0.4, 0.5) is 4.39 Å². The topological polar surface area (TPSA) is 49.9 Å². The number of benzene rings is 2. The minimum Gasteiger partial charge on any atom is -0.384 e. The van der Waals surface area contributed by atoms with Gasteiger partial charge in [0.25, 0.3) is 0 Å². The van der Waals surface area contributed by atoms with E-state index < -0.39 is 0 Å². The molecule has 98 valence electrons. The van der Waals surface area contributed by atoms with Crippen LogP contribution < -0.4 is 5.73 Å². The first kappa shape index (κ1) is 13.7. The highest BCUT2D eigenvalue weighted by atomic mass is 79.9. The Kier molecular flexibility index (Phi) is 4.00. The maximum Gasteiger partial charge on any atom is 0.123 e. The lowest BCUT2D eigenvalue weighted by molar-refractivity contribution is 0.626. The number of halogens is 2. The number of nitrogens with one attached hydrogen (secondary N) is 1. The average Bonchev–Trinajstić information content (AvgIpc) is 2.32. The molecule has 0 bridgehead atoms. The van der Waals surface area contributed by atoms with Gasteiger partial charge in [-0.15, -0.1) is 0 Å². The zero-order chi connectivity index (χ0) is 14.0. The van der Waals surface area contributed by atoms with Crippen molar-refractivity contribution in [3.05, 3.63) is 68.9 Å². The Balaban J connectivity index is 2.40. The molecule has 0 spiro atoms. The maximum atomic E-state index is 13.2. The molecule has 0 aromatic heterocycles. The minimum atomic E-state index is -0.243. The van der Waals surface area contributed by atoms with E-state index in [1.807, 2.05) is 25.1 Å². The molecule has 0 saturated heterocycles. The van der Waals surface area contributed by atoms with Crippen molar-refractivity contribution >= 4 is 21.8 Å². The third kappa shape index (κ3) is 3.20. The molecule has 0 heterocycles. The predicted octanol–water partition coefficient (Wildman–Crippen LogP) is 3.77. The van der Waals surface area contributed by atoms with Crippen LogP contribution in [-0.4, -0.2) is 5.84 Å². The summed E-state index contributed by atoms with van der Waals surface area (Å²) >= 11 is 3.50. The van der Waals surface area contributed by atoms with Gasteiger partial charge in [0.2, 0.25) is 0 Å². The van der Waals surface area contributed by atoms with E-state index in [9.17, 15) is 4.39 Å². The van der Waals surface area contributed by atoms with Crippen molar-refractivity contribution in [2.24, 2.45) is 5.73 Å². The summed E-state index contributed by atoms with van der Waals surface area (Å²) in [5.74, 6) is -0.196. The summed E-state index contributed by atoms with van der Waals surface area (Å²) in [5.41, 5.74) is 9.10. The highest BCUT2D eigenvalue weighted by Crippen LogP contribution is 2.24. The first-order chi connectivity index (χ1) is 8.97. The van der Waals surface area contributed by atoms with Gasteiger partial charge < -0.3 is 5.73 Å². The first-order valence-corrected chi connectivity index (χ1v) is 6.64. The number of rotatable bonds is 3. The summed E-state index contributed by atoms with van der Waals surface area (Å²) in [6.07, 6.45) is 0.596. The van der Waals surface area contributed by atoms with Crippen molar-refractivity contribution in [2.75, 3.05) is 0 Å². The van der Waals surface area contributed by atoms with Crippen molar-refractivity contribution in [3.8, 4) is 0 Å². The molecular formula is C15H14BrFN2. The molecule has 0 amide bonds. The molecule has 0 atom stereocenters. The monoisotopic (exact) mass is 320 g/mol. The fourth-order valence-electron chi connectivity index (χ4n) is 2.01. The largest absolute Gasteiger partial charge is 0.384 e. The van der Waals surface area contributed by atoms with Crippen LogP contribution in [0.25, 0.3) is 0 Å². The lowest BCUT2D eigenvalue weighted by Crippen LogP contribution is -2.13. The molecule has 2 aromatic rings. The van der Waals surface area contributed by atoms with Crippen molar-refractivity contribution in [2.45, 2.75) is 13.3 Å². The van der Waals surface area contributed by atoms with E-state index in [0.717, 1.165) is 26.7 Å². The van der Waals surface area contributed by atoms with Crippen LogP contribution in [0.1, 0.15) is 22.3 Å². The summed E-state index contributed by atoms with van der Waals surface area (Å²) in [6.45, 7) is 1.91. The van der Waals surface area contributed by atoms with Gasteiger partial charge in [0.15, 0.2) is 0 Å². The molecule has 0 radical (unpaired) electrons. The highest BCUT2D eigenvalue weighted by Gasteiger charge is 2.09. The zero-order valence-corrected chi connectivity index (χ0v) is 12.1. The summed E-state index contributed by atoms with van der Waals surface area (Å²) < 4.78 is 14.1. The molecule has 0 saturated carbocycles. The van der Waals surface area contributed by atoms with Crippen LogP contribution in [-0.2, 0) is 6.42 Å². The van der Waals surface area contributed by atoms with E-state index in [2.05, 4.69) is 15.9 Å². The second kappa shape index (κ2) is 5.53. The second-order valence-electron chi connectivity index (χ2n) is 4.48. The molecule has 4 heteroatoms. The van der Waals surface area contributed by atoms with Crippen LogP contribution in [0.3, 0.4) is 0 Å². The molecule has 0 unspecified atom stereocenters. The number of hydrogen-bond donors (Lipinski definition) is 2. The molecule has 3 N–H and O–H groups in total. The van der Waals surface area contributed by atoms with E-state index in [0.29, 0.717) is 6.42 Å². The number of aryl methyl sites for hydroxylation is 1. The third-order valence-electron chi connectivity index (χ3n) is 2.97. The number of nitrogen functional groups attached to an aromatic ring is 1. The Labute approximate surface area is 120 Å². The van der Waals surface area contributed by atoms with E-state index in [4.69, 9.17) is 11.1 Å². The Hall–Kier alpha value is -1.68. The van der Waals surface area contributed by atoms with Gasteiger partial charge in [-0.3, -0.25) is 5.41 Å². The van der Waals surface area contributed by atoms with Crippen LogP contribution in [0, 0.1) is 18.2 Å². The van der Waals surface area contributed by atoms with E-state index in [1.165, 1.54) is 12.1 Å². The molecule has 0 aliphatic rings. The van der Waals surface area contributed by atoms with Gasteiger partial charge in [-0.25, -0.2) is 4.39 Å². The Morgan fingerprint density at radius 2 is 2.05 bits per heavy atom. The van der Waals surface area contributed by atoms with Crippen molar-refractivity contribution in [1.82, 2.24) is 0 Å². The molecule has 19 heavy (non-hydrogen) atoms. The summed E-state index contributed by atoms with van der Waals surface area (Å²) in [7, 11) is 0. The summed E-state index contributed by atoms with van der Waals surface area (Å²) in [6, 6.07) is 10.3. The Bertz CT molecular complexity index is 638. The molecule has 2 nitrogen and oxygen atoms in total. The van der Waals surface area contributed by atoms with Crippen molar-refractivity contribution in [1.29, 1.82) is 5.41 Å². The van der Waals surface area contributed by atoms with Crippen LogP contribution >= 0.6 is 15.9 Å². The predicted molar refractivity (Wildman–Crippen MR) is 79.1 cm³/mol. The number of nitrogens with two attached hydrogens (primary N) is 1. The quantitative estimate of drug-likeness (QED) is 0.656. The number of hydrogen-bond acceptors (Lipinski definition) is 1. The molecule has 2 rings (SSSR count). The fraction of sp³-hybridized carbons (Fsp3) is 0.133. The second-order valence-corrected chi connectivity index (χ2v) is 5.33. The minimum absolute atomic E-state index is 0.0468. The van der Waals surface area contributed by atoms with Gasteiger partial charge in [-0.1, -0.05) is 28.1 Å². The standard InChI is InChI=1S/C15H14BrFN2/c1-9-5-14(16)11(8-13(9)15(18)19)6-10-3-2-4-12(17)7-10/h2-5,7-8H,6H2,1H3,(H3,18,19). The molecule has 0 aliphatic heterocycles. The summed E-state index contributed by atoms with van der Waals surface area (Å²) in [4.78, 5) is 0. The smallest absolute Gasteiger partial charge is 0.123 e.